The number of esters is 1. The lowest BCUT2D eigenvalue weighted by molar-refractivity contribution is -0.143. The molecule has 0 bridgehead atoms. The third-order valence-corrected chi connectivity index (χ3v) is 5.69. The predicted octanol–water partition coefficient (Wildman–Crippen LogP) is 4.59. The molecule has 3 rings (SSSR count). The summed E-state index contributed by atoms with van der Waals surface area (Å²) >= 11 is 13.8. The van der Waals surface area contributed by atoms with E-state index in [0.717, 1.165) is 0 Å². The monoisotopic (exact) mass is 412 g/mol. The van der Waals surface area contributed by atoms with E-state index in [1.165, 1.54) is 16.7 Å². The van der Waals surface area contributed by atoms with E-state index in [2.05, 4.69) is 4.99 Å². The van der Waals surface area contributed by atoms with E-state index in [1.54, 1.807) is 39.0 Å². The van der Waals surface area contributed by atoms with Gasteiger partial charge in [0.2, 0.25) is 5.91 Å². The van der Waals surface area contributed by atoms with E-state index in [9.17, 15) is 9.59 Å². The maximum Gasteiger partial charge on any atom is 0.338 e. The number of nitrogens with zero attached hydrogens (tertiary/aromatic N) is 2. The molecule has 1 fully saturated rings. The zero-order chi connectivity index (χ0) is 19.2. The Bertz CT molecular complexity index is 851. The molecule has 2 aliphatic rings. The summed E-state index contributed by atoms with van der Waals surface area (Å²) in [7, 11) is 0. The number of aliphatic imine (C=N–C) groups is 1. The predicted molar refractivity (Wildman–Crippen MR) is 104 cm³/mol. The fourth-order valence-electron chi connectivity index (χ4n) is 2.96. The minimum absolute atomic E-state index is 0.118. The van der Waals surface area contributed by atoms with Crippen LogP contribution in [0.1, 0.15) is 39.3 Å². The molecule has 1 amide bonds. The number of carbonyl (C=O) groups excluding carboxylic acids is 2. The fourth-order valence-corrected chi connectivity index (χ4v) is 4.50. The molecule has 1 saturated heterocycles. The molecule has 0 radical (unpaired) electrons. The summed E-state index contributed by atoms with van der Waals surface area (Å²) in [6, 6.07) is 4.33. The number of ether oxygens (including phenoxy) is 1. The Labute approximate surface area is 166 Å². The number of hydrogen-bond donors (Lipinski definition) is 0. The van der Waals surface area contributed by atoms with Crippen LogP contribution in [0.5, 0.6) is 0 Å². The van der Waals surface area contributed by atoms with Crippen LogP contribution in [0.4, 0.5) is 0 Å². The summed E-state index contributed by atoms with van der Waals surface area (Å²) < 4.78 is 5.41. The SMILES string of the molecule is CC1=C(C(=O)OC(C)C)C(c2ccc(Cl)cc2Cl)N2C(=O)C(C)SC2=N1. The first-order chi connectivity index (χ1) is 12.2. The fraction of sp³-hybridized carbons (Fsp3) is 0.389. The highest BCUT2D eigenvalue weighted by Gasteiger charge is 2.47. The lowest BCUT2D eigenvalue weighted by Gasteiger charge is -2.33. The van der Waals surface area contributed by atoms with E-state index in [4.69, 9.17) is 27.9 Å². The maximum absolute atomic E-state index is 12.8. The third-order valence-electron chi connectivity index (χ3n) is 4.08. The molecule has 8 heteroatoms. The number of carbonyl (C=O) groups is 2. The molecule has 5 nitrogen and oxygen atoms in total. The Hall–Kier alpha value is -1.50. The van der Waals surface area contributed by atoms with Gasteiger partial charge in [0.25, 0.3) is 0 Å². The Balaban J connectivity index is 2.18. The Morgan fingerprint density at radius 2 is 2.04 bits per heavy atom. The minimum Gasteiger partial charge on any atom is -0.459 e. The number of halogens is 2. The van der Waals surface area contributed by atoms with Crippen LogP contribution in [0.25, 0.3) is 0 Å². The van der Waals surface area contributed by atoms with Crippen molar-refractivity contribution in [2.45, 2.75) is 45.1 Å². The summed E-state index contributed by atoms with van der Waals surface area (Å²) in [6.45, 7) is 7.10. The van der Waals surface area contributed by atoms with Crippen LogP contribution >= 0.6 is 35.0 Å². The molecular weight excluding hydrogens is 395 g/mol. The van der Waals surface area contributed by atoms with E-state index < -0.39 is 12.0 Å². The highest BCUT2D eigenvalue weighted by atomic mass is 35.5. The molecule has 1 aromatic rings. The van der Waals surface area contributed by atoms with Crippen molar-refractivity contribution >= 4 is 52.0 Å². The van der Waals surface area contributed by atoms with Crippen LogP contribution in [0.3, 0.4) is 0 Å². The number of benzene rings is 1. The minimum atomic E-state index is -0.691. The van der Waals surface area contributed by atoms with Gasteiger partial charge in [-0.05, 0) is 45.4 Å². The van der Waals surface area contributed by atoms with E-state index in [-0.39, 0.29) is 17.3 Å². The van der Waals surface area contributed by atoms with Crippen molar-refractivity contribution in [3.05, 3.63) is 45.1 Å². The summed E-state index contributed by atoms with van der Waals surface area (Å²) in [4.78, 5) is 31.6. The van der Waals surface area contributed by atoms with Gasteiger partial charge in [0.05, 0.1) is 28.7 Å². The normalized spacial score (nSPS) is 22.7. The van der Waals surface area contributed by atoms with Gasteiger partial charge < -0.3 is 4.74 Å². The van der Waals surface area contributed by atoms with Gasteiger partial charge in [-0.3, -0.25) is 9.69 Å². The number of allylic oxidation sites excluding steroid dienone is 1. The van der Waals surface area contributed by atoms with Crippen LogP contribution in [0.15, 0.2) is 34.5 Å². The lowest BCUT2D eigenvalue weighted by Crippen LogP contribution is -2.41. The Kier molecular flexibility index (Phi) is 5.37. The summed E-state index contributed by atoms with van der Waals surface area (Å²) in [5.74, 6) is -0.624. The molecule has 0 spiro atoms. The van der Waals surface area contributed by atoms with Gasteiger partial charge >= 0.3 is 5.97 Å². The van der Waals surface area contributed by atoms with Crippen LogP contribution in [-0.4, -0.2) is 33.3 Å². The van der Waals surface area contributed by atoms with Gasteiger partial charge in [0.1, 0.15) is 0 Å². The zero-order valence-corrected chi connectivity index (χ0v) is 17.1. The molecule has 0 aliphatic carbocycles. The van der Waals surface area contributed by atoms with Crippen molar-refractivity contribution in [1.29, 1.82) is 0 Å². The van der Waals surface area contributed by atoms with Gasteiger partial charge in [-0.25, -0.2) is 9.79 Å². The quantitative estimate of drug-likeness (QED) is 0.680. The average molecular weight is 413 g/mol. The molecule has 0 saturated carbocycles. The van der Waals surface area contributed by atoms with E-state index in [1.807, 2.05) is 6.92 Å². The first-order valence-corrected chi connectivity index (χ1v) is 9.79. The Morgan fingerprint density at radius 1 is 1.35 bits per heavy atom. The van der Waals surface area contributed by atoms with E-state index in [0.29, 0.717) is 32.0 Å². The smallest absolute Gasteiger partial charge is 0.338 e. The molecule has 2 aliphatic heterocycles. The highest BCUT2D eigenvalue weighted by Crippen LogP contribution is 2.45. The van der Waals surface area contributed by atoms with Crippen molar-refractivity contribution in [3.63, 3.8) is 0 Å². The highest BCUT2D eigenvalue weighted by molar-refractivity contribution is 8.15. The largest absolute Gasteiger partial charge is 0.459 e. The lowest BCUT2D eigenvalue weighted by atomic mass is 9.94. The molecule has 138 valence electrons. The van der Waals surface area contributed by atoms with Gasteiger partial charge in [-0.2, -0.15) is 0 Å². The van der Waals surface area contributed by atoms with Crippen LogP contribution in [0.2, 0.25) is 10.0 Å². The second-order valence-electron chi connectivity index (χ2n) is 6.38. The standard InChI is InChI=1S/C18H18Cl2N2O3S/c1-8(2)25-17(24)14-9(3)21-18-22(16(23)10(4)26-18)15(14)12-6-5-11(19)7-13(12)20/h5-8,10,15H,1-4H3. The number of hydrogen-bond acceptors (Lipinski definition) is 5. The second kappa shape index (κ2) is 7.25. The number of amides is 1. The average Bonchev–Trinajstić information content (AvgIpc) is 2.80. The van der Waals surface area contributed by atoms with Crippen molar-refractivity contribution in [3.8, 4) is 0 Å². The van der Waals surface area contributed by atoms with Crippen LogP contribution in [0, 0.1) is 0 Å². The molecule has 1 aromatic carbocycles. The number of fused-ring (bicyclic) bond motifs is 1. The number of amidine groups is 1. The molecule has 2 unspecified atom stereocenters. The van der Waals surface area contributed by atoms with Gasteiger partial charge in [-0.15, -0.1) is 0 Å². The zero-order valence-electron chi connectivity index (χ0n) is 14.7. The van der Waals surface area contributed by atoms with Crippen molar-refractivity contribution in [2.75, 3.05) is 0 Å². The van der Waals surface area contributed by atoms with Crippen LogP contribution in [-0.2, 0) is 14.3 Å². The molecule has 26 heavy (non-hydrogen) atoms. The van der Waals surface area contributed by atoms with Crippen molar-refractivity contribution in [1.82, 2.24) is 4.90 Å². The first-order valence-electron chi connectivity index (χ1n) is 8.15. The number of thioether (sulfide) groups is 1. The molecule has 2 heterocycles. The third kappa shape index (κ3) is 3.38. The van der Waals surface area contributed by atoms with Crippen molar-refractivity contribution in [2.24, 2.45) is 4.99 Å². The summed E-state index contributed by atoms with van der Waals surface area (Å²) in [5, 5.41) is 1.14. The van der Waals surface area contributed by atoms with Gasteiger partial charge in [0.15, 0.2) is 5.17 Å². The van der Waals surface area contributed by atoms with Crippen LogP contribution < -0.4 is 0 Å². The molecule has 0 N–H and O–H groups in total. The summed E-state index contributed by atoms with van der Waals surface area (Å²) in [6.07, 6.45) is -0.294. The van der Waals surface area contributed by atoms with Gasteiger partial charge in [-0.1, -0.05) is 41.0 Å². The maximum atomic E-state index is 12.8. The molecular formula is C18H18Cl2N2O3S. The van der Waals surface area contributed by atoms with Crippen molar-refractivity contribution < 1.29 is 14.3 Å². The molecule has 2 atom stereocenters. The molecule has 0 aromatic heterocycles. The second-order valence-corrected chi connectivity index (χ2v) is 8.54. The number of rotatable bonds is 3. The van der Waals surface area contributed by atoms with E-state index >= 15 is 0 Å². The topological polar surface area (TPSA) is 59.0 Å². The first kappa shape index (κ1) is 19.3. The Morgan fingerprint density at radius 3 is 2.65 bits per heavy atom. The van der Waals surface area contributed by atoms with Gasteiger partial charge in [0, 0.05) is 10.0 Å². The summed E-state index contributed by atoms with van der Waals surface area (Å²) in [5.41, 5.74) is 1.45.